The Balaban J connectivity index is 0.00000312. The first kappa shape index (κ1) is 22.2. The van der Waals surface area contributed by atoms with Crippen LogP contribution in [0.25, 0.3) is 0 Å². The summed E-state index contributed by atoms with van der Waals surface area (Å²) in [4.78, 5) is 6.55. The van der Waals surface area contributed by atoms with Crippen LogP contribution < -0.4 is 10.6 Å². The maximum absolute atomic E-state index is 4.35. The number of guanidine groups is 1. The van der Waals surface area contributed by atoms with Crippen LogP contribution in [0.2, 0.25) is 0 Å². The molecule has 2 rings (SSSR count). The Bertz CT molecular complexity index is 510. The van der Waals surface area contributed by atoms with Crippen molar-refractivity contribution in [3.05, 3.63) is 35.4 Å². The van der Waals surface area contributed by atoms with Crippen molar-refractivity contribution in [2.75, 3.05) is 27.7 Å². The SMILES string of the molecule is CN=C(NCCCC1CCCC1)NCc1ccccc1CN(C)C.I. The predicted octanol–water partition coefficient (Wildman–Crippen LogP) is 4.00. The van der Waals surface area contributed by atoms with Crippen molar-refractivity contribution in [2.45, 2.75) is 51.6 Å². The first-order chi connectivity index (χ1) is 11.7. The van der Waals surface area contributed by atoms with E-state index in [1.54, 1.807) is 0 Å². The molecule has 1 aromatic carbocycles. The largest absolute Gasteiger partial charge is 0.356 e. The molecule has 0 radical (unpaired) electrons. The van der Waals surface area contributed by atoms with Crippen LogP contribution in [-0.4, -0.2) is 38.5 Å². The molecule has 0 aromatic heterocycles. The van der Waals surface area contributed by atoms with E-state index in [2.05, 4.69) is 58.9 Å². The summed E-state index contributed by atoms with van der Waals surface area (Å²) in [5.74, 6) is 1.88. The zero-order valence-corrected chi connectivity index (χ0v) is 18.4. The Hall–Kier alpha value is -0.820. The van der Waals surface area contributed by atoms with E-state index in [9.17, 15) is 0 Å². The normalized spacial score (nSPS) is 15.3. The Morgan fingerprint density at radius 2 is 1.80 bits per heavy atom. The van der Waals surface area contributed by atoms with E-state index in [0.717, 1.165) is 31.5 Å². The Morgan fingerprint density at radius 1 is 1.12 bits per heavy atom. The molecule has 0 unspecified atom stereocenters. The average Bonchev–Trinajstić information content (AvgIpc) is 3.08. The third-order valence-electron chi connectivity index (χ3n) is 4.83. The van der Waals surface area contributed by atoms with Gasteiger partial charge in [0.2, 0.25) is 0 Å². The van der Waals surface area contributed by atoms with Crippen LogP contribution in [0.3, 0.4) is 0 Å². The summed E-state index contributed by atoms with van der Waals surface area (Å²) in [7, 11) is 6.06. The van der Waals surface area contributed by atoms with Crippen LogP contribution in [-0.2, 0) is 13.1 Å². The van der Waals surface area contributed by atoms with Gasteiger partial charge in [-0.2, -0.15) is 0 Å². The molecule has 4 nitrogen and oxygen atoms in total. The van der Waals surface area contributed by atoms with Crippen LogP contribution in [0.15, 0.2) is 29.3 Å². The van der Waals surface area contributed by atoms with Crippen molar-refractivity contribution in [3.63, 3.8) is 0 Å². The lowest BCUT2D eigenvalue weighted by Gasteiger charge is -2.16. The molecule has 1 aromatic rings. The van der Waals surface area contributed by atoms with Gasteiger partial charge in [-0.15, -0.1) is 24.0 Å². The molecule has 0 spiro atoms. The Labute approximate surface area is 170 Å². The number of aliphatic imine (C=N–C) groups is 1. The topological polar surface area (TPSA) is 39.7 Å². The highest BCUT2D eigenvalue weighted by molar-refractivity contribution is 14.0. The highest BCUT2D eigenvalue weighted by Gasteiger charge is 2.14. The van der Waals surface area contributed by atoms with E-state index in [4.69, 9.17) is 0 Å². The van der Waals surface area contributed by atoms with Crippen LogP contribution in [0.1, 0.15) is 49.7 Å². The second-order valence-electron chi connectivity index (χ2n) is 7.15. The van der Waals surface area contributed by atoms with Gasteiger partial charge in [-0.05, 0) is 44.0 Å². The number of nitrogens with zero attached hydrogens (tertiary/aromatic N) is 2. The fraction of sp³-hybridized carbons (Fsp3) is 0.650. The highest BCUT2D eigenvalue weighted by atomic mass is 127. The molecule has 0 heterocycles. The lowest BCUT2D eigenvalue weighted by atomic mass is 10.0. The van der Waals surface area contributed by atoms with Crippen molar-refractivity contribution in [1.29, 1.82) is 0 Å². The number of nitrogens with one attached hydrogen (secondary N) is 2. The summed E-state index contributed by atoms with van der Waals surface area (Å²) < 4.78 is 0. The van der Waals surface area contributed by atoms with Crippen molar-refractivity contribution >= 4 is 29.9 Å². The molecule has 0 bridgehead atoms. The maximum atomic E-state index is 4.35. The molecule has 2 N–H and O–H groups in total. The minimum absolute atomic E-state index is 0. The highest BCUT2D eigenvalue weighted by Crippen LogP contribution is 2.28. The van der Waals surface area contributed by atoms with Gasteiger partial charge in [0.15, 0.2) is 5.96 Å². The number of rotatable bonds is 8. The standard InChI is InChI=1S/C20H34N4.HI/c1-21-20(22-14-8-11-17-9-4-5-10-17)23-15-18-12-6-7-13-19(18)16-24(2)3;/h6-7,12-13,17H,4-5,8-11,14-16H2,1-3H3,(H2,21,22,23);1H. The minimum Gasteiger partial charge on any atom is -0.356 e. The third-order valence-corrected chi connectivity index (χ3v) is 4.83. The van der Waals surface area contributed by atoms with E-state index >= 15 is 0 Å². The Morgan fingerprint density at radius 3 is 2.44 bits per heavy atom. The van der Waals surface area contributed by atoms with Crippen molar-refractivity contribution in [1.82, 2.24) is 15.5 Å². The quantitative estimate of drug-likeness (QED) is 0.268. The van der Waals surface area contributed by atoms with E-state index in [0.29, 0.717) is 0 Å². The van der Waals surface area contributed by atoms with Gasteiger partial charge < -0.3 is 15.5 Å². The van der Waals surface area contributed by atoms with Gasteiger partial charge in [0.25, 0.3) is 0 Å². The zero-order chi connectivity index (χ0) is 17.2. The van der Waals surface area contributed by atoms with Crippen LogP contribution in [0, 0.1) is 5.92 Å². The molecule has 25 heavy (non-hydrogen) atoms. The fourth-order valence-corrected chi connectivity index (χ4v) is 3.52. The van der Waals surface area contributed by atoms with E-state index in [1.165, 1.54) is 49.7 Å². The smallest absolute Gasteiger partial charge is 0.191 e. The van der Waals surface area contributed by atoms with Gasteiger partial charge in [-0.3, -0.25) is 4.99 Å². The van der Waals surface area contributed by atoms with Crippen LogP contribution >= 0.6 is 24.0 Å². The molecule has 0 saturated heterocycles. The van der Waals surface area contributed by atoms with Gasteiger partial charge in [0.1, 0.15) is 0 Å². The van der Waals surface area contributed by atoms with Crippen LogP contribution in [0.5, 0.6) is 0 Å². The summed E-state index contributed by atoms with van der Waals surface area (Å²) >= 11 is 0. The van der Waals surface area contributed by atoms with E-state index in [1.807, 2.05) is 7.05 Å². The lowest BCUT2D eigenvalue weighted by Crippen LogP contribution is -2.37. The lowest BCUT2D eigenvalue weighted by molar-refractivity contribution is 0.400. The number of hydrogen-bond donors (Lipinski definition) is 2. The van der Waals surface area contributed by atoms with Gasteiger partial charge in [-0.1, -0.05) is 49.9 Å². The average molecular weight is 458 g/mol. The summed E-state index contributed by atoms with van der Waals surface area (Å²) in [5, 5.41) is 6.90. The summed E-state index contributed by atoms with van der Waals surface area (Å²) in [6.07, 6.45) is 8.35. The summed E-state index contributed by atoms with van der Waals surface area (Å²) in [5.41, 5.74) is 2.70. The molecular formula is C20H35IN4. The molecule has 0 aliphatic heterocycles. The summed E-state index contributed by atoms with van der Waals surface area (Å²) in [6.45, 7) is 2.78. The molecule has 1 aliphatic carbocycles. The molecule has 1 fully saturated rings. The summed E-state index contributed by atoms with van der Waals surface area (Å²) in [6, 6.07) is 8.61. The molecular weight excluding hydrogens is 423 g/mol. The van der Waals surface area contributed by atoms with Crippen molar-refractivity contribution in [3.8, 4) is 0 Å². The number of benzene rings is 1. The van der Waals surface area contributed by atoms with Crippen molar-refractivity contribution in [2.24, 2.45) is 10.9 Å². The monoisotopic (exact) mass is 458 g/mol. The molecule has 1 aliphatic rings. The van der Waals surface area contributed by atoms with Crippen molar-refractivity contribution < 1.29 is 0 Å². The molecule has 5 heteroatoms. The molecule has 0 amide bonds. The Kier molecular flexibility index (Phi) is 11.1. The third kappa shape index (κ3) is 8.40. The first-order valence-electron chi connectivity index (χ1n) is 9.35. The first-order valence-corrected chi connectivity index (χ1v) is 9.35. The molecule has 1 saturated carbocycles. The maximum Gasteiger partial charge on any atom is 0.191 e. The van der Waals surface area contributed by atoms with Gasteiger partial charge in [0, 0.05) is 26.7 Å². The van der Waals surface area contributed by atoms with E-state index < -0.39 is 0 Å². The minimum atomic E-state index is 0. The van der Waals surface area contributed by atoms with Gasteiger partial charge in [0.05, 0.1) is 0 Å². The second kappa shape index (κ2) is 12.5. The fourth-order valence-electron chi connectivity index (χ4n) is 3.52. The zero-order valence-electron chi connectivity index (χ0n) is 16.1. The molecule has 0 atom stereocenters. The number of hydrogen-bond acceptors (Lipinski definition) is 2. The van der Waals surface area contributed by atoms with Crippen LogP contribution in [0.4, 0.5) is 0 Å². The predicted molar refractivity (Wildman–Crippen MR) is 119 cm³/mol. The number of halogens is 1. The second-order valence-corrected chi connectivity index (χ2v) is 7.15. The van der Waals surface area contributed by atoms with Gasteiger partial charge >= 0.3 is 0 Å². The van der Waals surface area contributed by atoms with Gasteiger partial charge in [-0.25, -0.2) is 0 Å². The van der Waals surface area contributed by atoms with E-state index in [-0.39, 0.29) is 24.0 Å². The molecule has 142 valence electrons.